The van der Waals surface area contributed by atoms with Crippen LogP contribution in [0.25, 0.3) is 0 Å². The molecule has 7 nitrogen and oxygen atoms in total. The maximum Gasteiger partial charge on any atom is 0.263 e. The molecule has 1 amide bonds. The number of carbonyl (C=O) groups excluding carboxylic acids is 1. The first-order valence-electron chi connectivity index (χ1n) is 8.47. The van der Waals surface area contributed by atoms with Crippen molar-refractivity contribution >= 4 is 33.4 Å². The van der Waals surface area contributed by atoms with Gasteiger partial charge in [-0.05, 0) is 36.8 Å². The monoisotopic (exact) mass is 410 g/mol. The van der Waals surface area contributed by atoms with Gasteiger partial charge in [0, 0.05) is 12.3 Å². The van der Waals surface area contributed by atoms with Crippen molar-refractivity contribution < 1.29 is 22.4 Å². The van der Waals surface area contributed by atoms with Gasteiger partial charge >= 0.3 is 0 Å². The van der Waals surface area contributed by atoms with Gasteiger partial charge in [-0.15, -0.1) is 0 Å². The van der Waals surface area contributed by atoms with E-state index in [-0.39, 0.29) is 12.5 Å². The van der Waals surface area contributed by atoms with Crippen molar-refractivity contribution in [2.24, 2.45) is 0 Å². The molecule has 1 aromatic heterocycles. The van der Waals surface area contributed by atoms with Crippen LogP contribution in [0.1, 0.15) is 11.3 Å². The first-order valence-corrected chi connectivity index (χ1v) is 11.5. The van der Waals surface area contributed by atoms with Crippen LogP contribution < -0.4 is 14.4 Å². The molecule has 27 heavy (non-hydrogen) atoms. The number of benzene rings is 1. The van der Waals surface area contributed by atoms with Crippen molar-refractivity contribution in [2.45, 2.75) is 18.8 Å². The Kier molecular flexibility index (Phi) is 6.01. The number of fused-ring (bicyclic) bond motifs is 1. The number of anilines is 1. The van der Waals surface area contributed by atoms with Crippen molar-refractivity contribution in [3.63, 3.8) is 0 Å². The zero-order valence-corrected chi connectivity index (χ0v) is 16.8. The Morgan fingerprint density at radius 2 is 2.19 bits per heavy atom. The molecule has 1 atom stereocenters. The van der Waals surface area contributed by atoms with Gasteiger partial charge in [0.2, 0.25) is 10.0 Å². The van der Waals surface area contributed by atoms with Crippen molar-refractivity contribution in [3.05, 3.63) is 47.9 Å². The molecule has 0 bridgehead atoms. The molecule has 146 valence electrons. The predicted octanol–water partition coefficient (Wildman–Crippen LogP) is 2.16. The zero-order chi connectivity index (χ0) is 19.4. The Bertz CT molecular complexity index is 896. The van der Waals surface area contributed by atoms with Crippen LogP contribution in [0.3, 0.4) is 0 Å². The van der Waals surface area contributed by atoms with E-state index in [0.29, 0.717) is 23.7 Å². The van der Waals surface area contributed by atoms with E-state index in [9.17, 15) is 13.2 Å². The summed E-state index contributed by atoms with van der Waals surface area (Å²) in [5.74, 6) is 2.40. The highest BCUT2D eigenvalue weighted by molar-refractivity contribution is 7.98. The molecule has 9 heteroatoms. The molecule has 1 aliphatic heterocycles. The van der Waals surface area contributed by atoms with Crippen LogP contribution in [0, 0.1) is 6.92 Å². The number of nitrogens with zero attached hydrogens (tertiary/aromatic N) is 1. The number of furan rings is 1. The molecule has 3 rings (SSSR count). The van der Waals surface area contributed by atoms with E-state index in [1.54, 1.807) is 30.2 Å². The molecular weight excluding hydrogens is 388 g/mol. The number of hydrogen-bond acceptors (Lipinski definition) is 6. The van der Waals surface area contributed by atoms with Gasteiger partial charge in [0.15, 0.2) is 6.10 Å². The van der Waals surface area contributed by atoms with Crippen molar-refractivity contribution in [3.8, 4) is 5.75 Å². The van der Waals surface area contributed by atoms with E-state index in [0.717, 1.165) is 23.3 Å². The number of hydrogen-bond donors (Lipinski definition) is 1. The Labute approximate surface area is 163 Å². The Morgan fingerprint density at radius 1 is 1.37 bits per heavy atom. The van der Waals surface area contributed by atoms with Crippen molar-refractivity contribution in [1.29, 1.82) is 0 Å². The highest BCUT2D eigenvalue weighted by atomic mass is 32.2. The molecule has 0 spiro atoms. The third kappa shape index (κ3) is 4.98. The molecule has 2 heterocycles. The summed E-state index contributed by atoms with van der Waals surface area (Å²) in [6.07, 6.45) is 1.88. The molecule has 1 N–H and O–H groups in total. The molecule has 1 aromatic carbocycles. The molecule has 0 radical (unpaired) electrons. The zero-order valence-electron chi connectivity index (χ0n) is 15.2. The Morgan fingerprint density at radius 3 is 2.89 bits per heavy atom. The normalized spacial score (nSPS) is 16.5. The first kappa shape index (κ1) is 19.6. The standard InChI is InChI=1S/C18H22N2O5S2/c1-13-5-6-16-15(10-13)20(27(2,22)23)11-17(25-16)18(21)19-7-9-26-12-14-4-3-8-24-14/h3-6,8,10,17H,7,9,11-12H2,1-2H3,(H,19,21). The molecule has 1 aliphatic rings. The average Bonchev–Trinajstić information content (AvgIpc) is 3.13. The number of carbonyl (C=O) groups is 1. The smallest absolute Gasteiger partial charge is 0.263 e. The summed E-state index contributed by atoms with van der Waals surface area (Å²) in [4.78, 5) is 12.5. The maximum absolute atomic E-state index is 12.5. The van der Waals surface area contributed by atoms with Gasteiger partial charge in [0.25, 0.3) is 5.91 Å². The summed E-state index contributed by atoms with van der Waals surface area (Å²) in [6, 6.07) is 9.01. The fourth-order valence-corrected chi connectivity index (χ4v) is 4.40. The molecule has 0 saturated carbocycles. The van der Waals surface area contributed by atoms with Gasteiger partial charge in [-0.3, -0.25) is 9.10 Å². The number of nitrogens with one attached hydrogen (secondary N) is 1. The number of ether oxygens (including phenoxy) is 1. The third-order valence-electron chi connectivity index (χ3n) is 4.05. The van der Waals surface area contributed by atoms with E-state index < -0.39 is 16.1 Å². The predicted molar refractivity (Wildman–Crippen MR) is 106 cm³/mol. The minimum Gasteiger partial charge on any atom is -0.476 e. The number of amides is 1. The maximum atomic E-state index is 12.5. The lowest BCUT2D eigenvalue weighted by molar-refractivity contribution is -0.127. The Hall–Kier alpha value is -2.13. The molecule has 0 fully saturated rings. The van der Waals surface area contributed by atoms with E-state index in [1.807, 2.05) is 25.1 Å². The SMILES string of the molecule is Cc1ccc2c(c1)N(S(C)(=O)=O)CC(C(=O)NCCSCc1ccco1)O2. The first-order chi connectivity index (χ1) is 12.8. The number of thioether (sulfide) groups is 1. The summed E-state index contributed by atoms with van der Waals surface area (Å²) in [5, 5.41) is 2.81. The number of rotatable bonds is 7. The van der Waals surface area contributed by atoms with Gasteiger partial charge in [0.1, 0.15) is 11.5 Å². The third-order valence-corrected chi connectivity index (χ3v) is 6.17. The van der Waals surface area contributed by atoms with Gasteiger partial charge in [-0.2, -0.15) is 11.8 Å². The van der Waals surface area contributed by atoms with Crippen molar-refractivity contribution in [1.82, 2.24) is 5.32 Å². The summed E-state index contributed by atoms with van der Waals surface area (Å²) in [5.41, 5.74) is 1.39. The molecule has 2 aromatic rings. The van der Waals surface area contributed by atoms with Crippen molar-refractivity contribution in [2.75, 3.05) is 29.4 Å². The quantitative estimate of drug-likeness (QED) is 0.704. The average molecular weight is 411 g/mol. The Balaban J connectivity index is 1.58. The van der Waals surface area contributed by atoms with Gasteiger partial charge in [-0.25, -0.2) is 8.42 Å². The fourth-order valence-electron chi connectivity index (χ4n) is 2.74. The lowest BCUT2D eigenvalue weighted by Crippen LogP contribution is -2.50. The van der Waals surface area contributed by atoms with Crippen LogP contribution in [-0.2, 0) is 20.6 Å². The van der Waals surface area contributed by atoms with E-state index in [1.165, 1.54) is 4.31 Å². The fraction of sp³-hybridized carbons (Fsp3) is 0.389. The van der Waals surface area contributed by atoms with Crippen LogP contribution in [0.15, 0.2) is 41.0 Å². The molecule has 1 unspecified atom stereocenters. The van der Waals surface area contributed by atoms with E-state index >= 15 is 0 Å². The van der Waals surface area contributed by atoms with Gasteiger partial charge in [0.05, 0.1) is 30.5 Å². The molecule has 0 aliphatic carbocycles. The van der Waals surface area contributed by atoms with Gasteiger partial charge in [-0.1, -0.05) is 6.07 Å². The van der Waals surface area contributed by atoms with Crippen LogP contribution in [-0.4, -0.2) is 45.5 Å². The minimum atomic E-state index is -3.52. The van der Waals surface area contributed by atoms with E-state index in [2.05, 4.69) is 5.32 Å². The summed E-state index contributed by atoms with van der Waals surface area (Å²) >= 11 is 1.64. The van der Waals surface area contributed by atoms with Gasteiger partial charge < -0.3 is 14.5 Å². The second kappa shape index (κ2) is 8.26. The highest BCUT2D eigenvalue weighted by Crippen LogP contribution is 2.35. The van der Waals surface area contributed by atoms with Crippen LogP contribution in [0.5, 0.6) is 5.75 Å². The lowest BCUT2D eigenvalue weighted by atomic mass is 10.1. The summed E-state index contributed by atoms with van der Waals surface area (Å²) in [7, 11) is -3.52. The van der Waals surface area contributed by atoms with Crippen LogP contribution in [0.2, 0.25) is 0 Å². The minimum absolute atomic E-state index is 0.0410. The summed E-state index contributed by atoms with van der Waals surface area (Å²) < 4.78 is 36.6. The van der Waals surface area contributed by atoms with E-state index in [4.69, 9.17) is 9.15 Å². The van der Waals surface area contributed by atoms with Crippen LogP contribution in [0.4, 0.5) is 5.69 Å². The molecular formula is C18H22N2O5S2. The number of aryl methyl sites for hydroxylation is 1. The topological polar surface area (TPSA) is 88.9 Å². The summed E-state index contributed by atoms with van der Waals surface area (Å²) in [6.45, 7) is 2.30. The second-order valence-electron chi connectivity index (χ2n) is 6.29. The molecule has 0 saturated heterocycles. The highest BCUT2D eigenvalue weighted by Gasteiger charge is 2.34. The van der Waals surface area contributed by atoms with Crippen LogP contribution >= 0.6 is 11.8 Å². The second-order valence-corrected chi connectivity index (χ2v) is 9.31. The largest absolute Gasteiger partial charge is 0.476 e. The lowest BCUT2D eigenvalue weighted by Gasteiger charge is -2.34. The number of sulfonamides is 1.